The second-order valence-electron chi connectivity index (χ2n) is 9.03. The number of ether oxygens (including phenoxy) is 2. The fourth-order valence-electron chi connectivity index (χ4n) is 4.70. The molecule has 39 heavy (non-hydrogen) atoms. The molecule has 0 aliphatic carbocycles. The highest BCUT2D eigenvalue weighted by Gasteiger charge is 2.32. The molecule has 0 N–H and O–H groups in total. The molecule has 0 saturated heterocycles. The Balaban J connectivity index is 1.34. The summed E-state index contributed by atoms with van der Waals surface area (Å²) in [4.78, 5) is 29.2. The number of benzene rings is 4. The predicted octanol–water partition coefficient (Wildman–Crippen LogP) is 4.31. The molecule has 2 amide bonds. The zero-order valence-electron chi connectivity index (χ0n) is 21.9. The summed E-state index contributed by atoms with van der Waals surface area (Å²) in [6.45, 7) is -0.150. The molecule has 0 fully saturated rings. The first kappa shape index (κ1) is 26.1. The fourth-order valence-corrected chi connectivity index (χ4v) is 5.90. The molecule has 0 saturated carbocycles. The van der Waals surface area contributed by atoms with Crippen molar-refractivity contribution in [1.29, 1.82) is 0 Å². The highest BCUT2D eigenvalue weighted by atomic mass is 32.2. The Morgan fingerprint density at radius 1 is 0.897 bits per heavy atom. The first-order valence-corrected chi connectivity index (χ1v) is 13.5. The summed E-state index contributed by atoms with van der Waals surface area (Å²) >= 11 is 0. The lowest BCUT2D eigenvalue weighted by Gasteiger charge is -2.24. The van der Waals surface area contributed by atoms with Crippen LogP contribution >= 0.6 is 0 Å². The number of carbonyl (C=O) groups excluding carboxylic acids is 2. The molecule has 10 heteroatoms. The van der Waals surface area contributed by atoms with E-state index in [4.69, 9.17) is 9.47 Å². The minimum absolute atomic E-state index is 0.0457. The lowest BCUT2D eigenvalue weighted by Crippen LogP contribution is -2.40. The highest BCUT2D eigenvalue weighted by molar-refractivity contribution is 7.92. The maximum Gasteiger partial charge on any atom is 0.264 e. The fraction of sp³-hybridized carbons (Fsp3) is 0.172. The molecule has 4 aromatic carbocycles. The highest BCUT2D eigenvalue weighted by Crippen LogP contribution is 2.37. The molecule has 9 nitrogen and oxygen atoms in total. The molecule has 0 atom stereocenters. The summed E-state index contributed by atoms with van der Waals surface area (Å²) < 4.78 is 38.4. The van der Waals surface area contributed by atoms with Crippen molar-refractivity contribution < 1.29 is 27.5 Å². The molecule has 4 aromatic rings. The summed E-state index contributed by atoms with van der Waals surface area (Å²) in [6, 6.07) is 22.0. The molecular weight excluding hydrogens is 518 g/mol. The van der Waals surface area contributed by atoms with Crippen molar-refractivity contribution in [1.82, 2.24) is 0 Å². The standard InChI is InChI=1S/C29H27N3O6S/c1-30(27(33)18-32-25-10-6-8-19-7-5-9-23(28(19)25)29(32)34)20-11-14-22(15-12-20)39(35,36)31(2)24-16-13-21(37-3)17-26(24)38-4/h5-17H,18H2,1-4H3. The minimum atomic E-state index is -3.93. The number of methoxy groups -OCH3 is 2. The molecule has 200 valence electrons. The number of likely N-dealkylation sites (N-methyl/N-ethyl adjacent to an activating group) is 1. The van der Waals surface area contributed by atoms with Crippen molar-refractivity contribution in [2.45, 2.75) is 4.90 Å². The van der Waals surface area contributed by atoms with Crippen LogP contribution in [-0.4, -0.2) is 55.1 Å². The Bertz CT molecular complexity index is 1700. The first-order valence-electron chi connectivity index (χ1n) is 12.1. The van der Waals surface area contributed by atoms with Crippen molar-refractivity contribution in [3.8, 4) is 11.5 Å². The third-order valence-electron chi connectivity index (χ3n) is 6.93. The second kappa shape index (κ2) is 9.95. The third-order valence-corrected chi connectivity index (χ3v) is 8.71. The Morgan fingerprint density at radius 3 is 2.26 bits per heavy atom. The van der Waals surface area contributed by atoms with Crippen LogP contribution in [0.15, 0.2) is 83.8 Å². The topological polar surface area (TPSA) is 96.5 Å². The number of hydrogen-bond acceptors (Lipinski definition) is 6. The molecule has 0 bridgehead atoms. The quantitative estimate of drug-likeness (QED) is 0.328. The van der Waals surface area contributed by atoms with E-state index in [1.165, 1.54) is 43.2 Å². The van der Waals surface area contributed by atoms with Crippen LogP contribution in [0.3, 0.4) is 0 Å². The van der Waals surface area contributed by atoms with Gasteiger partial charge in [-0.3, -0.25) is 18.8 Å². The van der Waals surface area contributed by atoms with Gasteiger partial charge < -0.3 is 14.4 Å². The Kier molecular flexibility index (Phi) is 6.65. The maximum atomic E-state index is 13.3. The van der Waals surface area contributed by atoms with Gasteiger partial charge in [-0.1, -0.05) is 24.3 Å². The van der Waals surface area contributed by atoms with Gasteiger partial charge in [-0.2, -0.15) is 0 Å². The summed E-state index contributed by atoms with van der Waals surface area (Å²) in [6.07, 6.45) is 0. The SMILES string of the molecule is COc1ccc(N(C)S(=O)(=O)c2ccc(N(C)C(=O)CN3C(=O)c4cccc5cccc3c45)cc2)c(OC)c1. The predicted molar refractivity (Wildman–Crippen MR) is 151 cm³/mol. The molecular formula is C29H27N3O6S. The van der Waals surface area contributed by atoms with Gasteiger partial charge in [0.25, 0.3) is 15.9 Å². The molecule has 1 aliphatic rings. The Morgan fingerprint density at radius 2 is 1.59 bits per heavy atom. The average molecular weight is 546 g/mol. The lowest BCUT2D eigenvalue weighted by molar-refractivity contribution is -0.117. The smallest absolute Gasteiger partial charge is 0.264 e. The van der Waals surface area contributed by atoms with E-state index in [-0.39, 0.29) is 23.3 Å². The molecule has 0 radical (unpaired) electrons. The van der Waals surface area contributed by atoms with Gasteiger partial charge in [-0.25, -0.2) is 8.42 Å². The maximum absolute atomic E-state index is 13.3. The zero-order chi connectivity index (χ0) is 27.9. The normalized spacial score (nSPS) is 12.5. The number of sulfonamides is 1. The van der Waals surface area contributed by atoms with Crippen LogP contribution in [0.2, 0.25) is 0 Å². The van der Waals surface area contributed by atoms with Gasteiger partial charge in [0.15, 0.2) is 0 Å². The number of nitrogens with zero attached hydrogens (tertiary/aromatic N) is 3. The molecule has 0 aromatic heterocycles. The molecule has 1 aliphatic heterocycles. The summed E-state index contributed by atoms with van der Waals surface area (Å²) in [5.74, 6) is 0.345. The van der Waals surface area contributed by atoms with E-state index in [2.05, 4.69) is 0 Å². The Labute approximate surface area is 226 Å². The van der Waals surface area contributed by atoms with Gasteiger partial charge in [-0.15, -0.1) is 0 Å². The van der Waals surface area contributed by atoms with Gasteiger partial charge in [0.05, 0.1) is 30.5 Å². The van der Waals surface area contributed by atoms with E-state index in [9.17, 15) is 18.0 Å². The van der Waals surface area contributed by atoms with Crippen LogP contribution < -0.4 is 23.6 Å². The number of rotatable bonds is 8. The lowest BCUT2D eigenvalue weighted by atomic mass is 10.1. The van der Waals surface area contributed by atoms with Crippen molar-refractivity contribution in [2.24, 2.45) is 0 Å². The number of carbonyl (C=O) groups is 2. The molecule has 0 spiro atoms. The van der Waals surface area contributed by atoms with Crippen molar-refractivity contribution >= 4 is 49.7 Å². The largest absolute Gasteiger partial charge is 0.497 e. The molecule has 5 rings (SSSR count). The van der Waals surface area contributed by atoms with Crippen molar-refractivity contribution in [3.63, 3.8) is 0 Å². The molecule has 0 unspecified atom stereocenters. The van der Waals surface area contributed by atoms with E-state index in [0.29, 0.717) is 34.1 Å². The average Bonchev–Trinajstić information content (AvgIpc) is 3.23. The summed E-state index contributed by atoms with van der Waals surface area (Å²) in [7, 11) is 2.07. The Hall–Kier alpha value is -4.57. The van der Waals surface area contributed by atoms with Crippen LogP contribution in [0.4, 0.5) is 17.1 Å². The van der Waals surface area contributed by atoms with Gasteiger partial charge in [0.1, 0.15) is 18.0 Å². The van der Waals surface area contributed by atoms with Crippen LogP contribution in [0.5, 0.6) is 11.5 Å². The third kappa shape index (κ3) is 4.42. The van der Waals surface area contributed by atoms with Gasteiger partial charge in [0, 0.05) is 36.8 Å². The van der Waals surface area contributed by atoms with Crippen LogP contribution in [-0.2, 0) is 14.8 Å². The van der Waals surface area contributed by atoms with Crippen LogP contribution in [0.25, 0.3) is 10.8 Å². The zero-order valence-corrected chi connectivity index (χ0v) is 22.7. The number of amides is 2. The van der Waals surface area contributed by atoms with Crippen molar-refractivity contribution in [3.05, 3.63) is 84.4 Å². The van der Waals surface area contributed by atoms with E-state index < -0.39 is 10.0 Å². The second-order valence-corrected chi connectivity index (χ2v) is 11.0. The van der Waals surface area contributed by atoms with E-state index in [0.717, 1.165) is 15.1 Å². The molecule has 1 heterocycles. The minimum Gasteiger partial charge on any atom is -0.497 e. The first-order chi connectivity index (χ1) is 18.7. The summed E-state index contributed by atoms with van der Waals surface area (Å²) in [5.41, 5.74) is 2.12. The van der Waals surface area contributed by atoms with Crippen LogP contribution in [0.1, 0.15) is 10.4 Å². The van der Waals surface area contributed by atoms with Crippen LogP contribution in [0, 0.1) is 0 Å². The van der Waals surface area contributed by atoms with E-state index in [1.807, 2.05) is 30.3 Å². The monoisotopic (exact) mass is 545 g/mol. The van der Waals surface area contributed by atoms with Gasteiger partial charge in [-0.05, 0) is 53.9 Å². The number of hydrogen-bond donors (Lipinski definition) is 0. The van der Waals surface area contributed by atoms with E-state index in [1.54, 1.807) is 43.4 Å². The van der Waals surface area contributed by atoms with Crippen molar-refractivity contribution in [2.75, 3.05) is 49.0 Å². The van der Waals surface area contributed by atoms with E-state index >= 15 is 0 Å². The summed E-state index contributed by atoms with van der Waals surface area (Å²) in [5, 5.41) is 1.78. The van der Waals surface area contributed by atoms with Gasteiger partial charge in [0.2, 0.25) is 5.91 Å². The number of anilines is 3. The van der Waals surface area contributed by atoms with Gasteiger partial charge >= 0.3 is 0 Å².